The molecule has 0 fully saturated rings. The van der Waals surface area contributed by atoms with E-state index in [9.17, 15) is 19.4 Å². The van der Waals surface area contributed by atoms with Crippen molar-refractivity contribution in [2.45, 2.75) is 212 Å². The first kappa shape index (κ1) is 58.9. The van der Waals surface area contributed by atoms with Gasteiger partial charge in [0.1, 0.15) is 13.2 Å². The van der Waals surface area contributed by atoms with Crippen LogP contribution in [0.25, 0.3) is 0 Å². The third-order valence-corrected chi connectivity index (χ3v) is 11.7. The summed E-state index contributed by atoms with van der Waals surface area (Å²) >= 11 is 0. The molecule has 0 aliphatic rings. The van der Waals surface area contributed by atoms with Crippen LogP contribution in [-0.4, -0.2) is 73.4 Å². The fourth-order valence-corrected chi connectivity index (χ4v) is 7.51. The molecule has 3 atom stereocenters. The van der Waals surface area contributed by atoms with Crippen LogP contribution in [0.1, 0.15) is 200 Å². The van der Waals surface area contributed by atoms with Gasteiger partial charge in [-0.05, 0) is 64.2 Å². The van der Waals surface area contributed by atoms with Gasteiger partial charge in [-0.3, -0.25) is 13.8 Å². The molecular weight excluding hydrogens is 780 g/mol. The minimum atomic E-state index is -4.34. The van der Waals surface area contributed by atoms with E-state index in [-0.39, 0.29) is 19.1 Å². The predicted octanol–water partition coefficient (Wildman–Crippen LogP) is 14.4. The third kappa shape index (κ3) is 45.8. The van der Waals surface area contributed by atoms with Gasteiger partial charge in [-0.1, -0.05) is 202 Å². The standard InChI is InChI=1S/C52H95N2O6P/c1-6-8-10-12-14-16-18-19-20-21-22-23-24-25-26-27-28-29-30-31-32-33-34-35-36-38-40-42-44-46-52(56)53-50(49-60-61(57,58)59-48-47-54(3,4)5)51(55)45-43-41-39-37-17-15-13-11-9-7-2/h8,10,14,16,19-20,22-23,25-26,43,45,50-51,55H,6-7,9,11-13,15,17-18,21,24,27-42,44,46-49H2,1-5H3,(H-,53,56,57,58)/p+1/b10-8-,16-14-,20-19-,23-22-,26-25-,45-43+. The number of nitrogens with zero attached hydrogens (tertiary/aromatic N) is 1. The van der Waals surface area contributed by atoms with Gasteiger partial charge in [0.05, 0.1) is 39.9 Å². The molecule has 8 nitrogen and oxygen atoms in total. The molecule has 0 aromatic rings. The summed E-state index contributed by atoms with van der Waals surface area (Å²) in [6.07, 6.45) is 58.5. The molecule has 9 heteroatoms. The number of quaternary nitrogens is 1. The Hall–Kier alpha value is -2.06. The summed E-state index contributed by atoms with van der Waals surface area (Å²) in [5.41, 5.74) is 0. The molecule has 0 saturated heterocycles. The minimum Gasteiger partial charge on any atom is -0.387 e. The van der Waals surface area contributed by atoms with Crippen molar-refractivity contribution in [3.63, 3.8) is 0 Å². The minimum absolute atomic E-state index is 0.0588. The Morgan fingerprint density at radius 2 is 0.984 bits per heavy atom. The number of phosphoric acid groups is 1. The number of hydrogen-bond acceptors (Lipinski definition) is 5. The van der Waals surface area contributed by atoms with Gasteiger partial charge in [0.15, 0.2) is 0 Å². The second-order valence-electron chi connectivity index (χ2n) is 17.8. The fraction of sp³-hybridized carbons (Fsp3) is 0.750. The lowest BCUT2D eigenvalue weighted by molar-refractivity contribution is -0.870. The fourth-order valence-electron chi connectivity index (χ4n) is 6.77. The Morgan fingerprint density at radius 3 is 1.44 bits per heavy atom. The largest absolute Gasteiger partial charge is 0.472 e. The number of phosphoric ester groups is 1. The topological polar surface area (TPSA) is 105 Å². The molecule has 0 aromatic heterocycles. The van der Waals surface area contributed by atoms with Crippen LogP contribution < -0.4 is 5.32 Å². The molecular formula is C52H96N2O6P+. The van der Waals surface area contributed by atoms with Crippen molar-refractivity contribution in [1.82, 2.24) is 5.32 Å². The van der Waals surface area contributed by atoms with E-state index in [0.717, 1.165) is 70.6 Å². The van der Waals surface area contributed by atoms with Gasteiger partial charge in [0.2, 0.25) is 5.91 Å². The number of likely N-dealkylation sites (N-methyl/N-ethyl adjacent to an activating group) is 1. The average Bonchev–Trinajstić information content (AvgIpc) is 3.21. The number of aliphatic hydroxyl groups excluding tert-OH is 1. The molecule has 61 heavy (non-hydrogen) atoms. The van der Waals surface area contributed by atoms with Gasteiger partial charge in [-0.15, -0.1) is 0 Å². The van der Waals surface area contributed by atoms with E-state index in [1.54, 1.807) is 6.08 Å². The molecule has 0 radical (unpaired) electrons. The van der Waals surface area contributed by atoms with Gasteiger partial charge < -0.3 is 19.8 Å². The van der Waals surface area contributed by atoms with Crippen LogP contribution >= 0.6 is 7.82 Å². The summed E-state index contributed by atoms with van der Waals surface area (Å²) in [5.74, 6) is -0.183. The van der Waals surface area contributed by atoms with Gasteiger partial charge in [0, 0.05) is 6.42 Å². The lowest BCUT2D eigenvalue weighted by Gasteiger charge is -2.25. The Balaban J connectivity index is 4.12. The predicted molar refractivity (Wildman–Crippen MR) is 263 cm³/mol. The maximum absolute atomic E-state index is 12.9. The van der Waals surface area contributed by atoms with Crippen LogP contribution in [-0.2, 0) is 18.4 Å². The summed E-state index contributed by atoms with van der Waals surface area (Å²) in [6, 6.07) is -0.848. The van der Waals surface area contributed by atoms with Crippen molar-refractivity contribution in [3.8, 4) is 0 Å². The van der Waals surface area contributed by atoms with Gasteiger partial charge in [-0.2, -0.15) is 0 Å². The molecule has 0 rings (SSSR count). The van der Waals surface area contributed by atoms with Crippen LogP contribution in [0.4, 0.5) is 0 Å². The lowest BCUT2D eigenvalue weighted by atomic mass is 10.0. The van der Waals surface area contributed by atoms with Crippen LogP contribution in [0, 0.1) is 0 Å². The van der Waals surface area contributed by atoms with E-state index in [1.165, 1.54) is 109 Å². The molecule has 354 valence electrons. The van der Waals surface area contributed by atoms with Crippen molar-refractivity contribution in [2.75, 3.05) is 40.9 Å². The second-order valence-corrected chi connectivity index (χ2v) is 19.3. The maximum atomic E-state index is 12.9. The van der Waals surface area contributed by atoms with E-state index in [2.05, 4.69) is 79.9 Å². The van der Waals surface area contributed by atoms with Crippen molar-refractivity contribution in [2.24, 2.45) is 0 Å². The van der Waals surface area contributed by atoms with Crippen LogP contribution in [0.2, 0.25) is 0 Å². The summed E-state index contributed by atoms with van der Waals surface area (Å²) in [5, 5.41) is 13.8. The quantitative estimate of drug-likeness (QED) is 0.0244. The highest BCUT2D eigenvalue weighted by molar-refractivity contribution is 7.47. The molecule has 0 aromatic carbocycles. The average molecular weight is 876 g/mol. The SMILES string of the molecule is CC/C=C\C/C=C\C/C=C\C/C=C\C/C=C\CCCCCCCCCCCCCCCC(=O)NC(COP(=O)(O)OCC[N+](C)(C)C)C(O)/C=C/CCCCCCCCCC. The number of carbonyl (C=O) groups excluding carboxylic acids is 1. The van der Waals surface area contributed by atoms with E-state index in [4.69, 9.17) is 9.05 Å². The smallest absolute Gasteiger partial charge is 0.387 e. The van der Waals surface area contributed by atoms with E-state index >= 15 is 0 Å². The van der Waals surface area contributed by atoms with Gasteiger partial charge in [-0.25, -0.2) is 4.57 Å². The Kier molecular flexibility index (Phi) is 41.7. The van der Waals surface area contributed by atoms with E-state index in [0.29, 0.717) is 17.4 Å². The zero-order valence-electron chi connectivity index (χ0n) is 40.1. The molecule has 0 saturated carbocycles. The summed E-state index contributed by atoms with van der Waals surface area (Å²) < 4.78 is 23.5. The summed E-state index contributed by atoms with van der Waals surface area (Å²) in [6.45, 7) is 4.67. The second kappa shape index (κ2) is 43.2. The lowest BCUT2D eigenvalue weighted by Crippen LogP contribution is -2.45. The Labute approximate surface area is 376 Å². The molecule has 3 N–H and O–H groups in total. The number of allylic oxidation sites excluding steroid dienone is 11. The molecule has 0 bridgehead atoms. The summed E-state index contributed by atoms with van der Waals surface area (Å²) in [7, 11) is 1.56. The molecule has 0 aliphatic carbocycles. The van der Waals surface area contributed by atoms with Crippen molar-refractivity contribution >= 4 is 13.7 Å². The van der Waals surface area contributed by atoms with Gasteiger partial charge in [0.25, 0.3) is 0 Å². The van der Waals surface area contributed by atoms with E-state index < -0.39 is 20.0 Å². The number of amides is 1. The number of unbranched alkanes of at least 4 members (excludes halogenated alkanes) is 21. The van der Waals surface area contributed by atoms with Crippen molar-refractivity contribution in [1.29, 1.82) is 0 Å². The summed E-state index contributed by atoms with van der Waals surface area (Å²) in [4.78, 5) is 23.1. The normalized spacial score (nSPS) is 14.8. The number of carbonyl (C=O) groups is 1. The zero-order valence-corrected chi connectivity index (χ0v) is 41.0. The van der Waals surface area contributed by atoms with Crippen LogP contribution in [0.3, 0.4) is 0 Å². The van der Waals surface area contributed by atoms with E-state index in [1.807, 2.05) is 27.2 Å². The highest BCUT2D eigenvalue weighted by Crippen LogP contribution is 2.43. The Morgan fingerprint density at radius 1 is 0.574 bits per heavy atom. The first-order chi connectivity index (χ1) is 29.5. The molecule has 0 spiro atoms. The molecule has 0 aliphatic heterocycles. The number of hydrogen-bond donors (Lipinski definition) is 3. The Bertz CT molecular complexity index is 1220. The first-order valence-corrected chi connectivity index (χ1v) is 26.3. The molecule has 3 unspecified atom stereocenters. The van der Waals surface area contributed by atoms with Crippen molar-refractivity contribution in [3.05, 3.63) is 72.9 Å². The molecule has 0 heterocycles. The number of rotatable bonds is 44. The highest BCUT2D eigenvalue weighted by atomic mass is 31.2. The van der Waals surface area contributed by atoms with Crippen LogP contribution in [0.15, 0.2) is 72.9 Å². The monoisotopic (exact) mass is 876 g/mol. The number of nitrogens with one attached hydrogen (secondary N) is 1. The van der Waals surface area contributed by atoms with Crippen LogP contribution in [0.5, 0.6) is 0 Å². The number of aliphatic hydroxyl groups is 1. The first-order valence-electron chi connectivity index (χ1n) is 24.8. The van der Waals surface area contributed by atoms with Crippen molar-refractivity contribution < 1.29 is 32.9 Å². The van der Waals surface area contributed by atoms with Gasteiger partial charge >= 0.3 is 7.82 Å². The maximum Gasteiger partial charge on any atom is 0.472 e. The third-order valence-electron chi connectivity index (χ3n) is 10.7. The molecule has 1 amide bonds. The highest BCUT2D eigenvalue weighted by Gasteiger charge is 2.27. The zero-order chi connectivity index (χ0) is 45.0.